The van der Waals surface area contributed by atoms with Crippen molar-refractivity contribution in [1.29, 1.82) is 0 Å². The van der Waals surface area contributed by atoms with Gasteiger partial charge in [-0.05, 0) is 24.0 Å². The maximum absolute atomic E-state index is 9.86. The number of aromatic nitrogens is 3. The number of benzene rings is 1. The molecule has 5 nitrogen and oxygen atoms in total. The first-order chi connectivity index (χ1) is 9.25. The second kappa shape index (κ2) is 4.75. The van der Waals surface area contributed by atoms with Crippen LogP contribution in [0, 0.1) is 0 Å². The predicted octanol–water partition coefficient (Wildman–Crippen LogP) is 0.739. The number of aliphatic hydroxyl groups is 1. The summed E-state index contributed by atoms with van der Waals surface area (Å²) in [4.78, 5) is 0. The fourth-order valence-corrected chi connectivity index (χ4v) is 2.82. The summed E-state index contributed by atoms with van der Waals surface area (Å²) >= 11 is 0. The van der Waals surface area contributed by atoms with Crippen LogP contribution in [0.1, 0.15) is 23.2 Å². The van der Waals surface area contributed by atoms with E-state index >= 15 is 0 Å². The number of aryl methyl sites for hydroxylation is 2. The molecule has 1 aromatic carbocycles. The van der Waals surface area contributed by atoms with Crippen molar-refractivity contribution in [3.05, 3.63) is 47.3 Å². The minimum absolute atomic E-state index is 0.106. The van der Waals surface area contributed by atoms with Crippen LogP contribution < -0.4 is 5.32 Å². The van der Waals surface area contributed by atoms with Crippen molar-refractivity contribution < 1.29 is 5.11 Å². The van der Waals surface area contributed by atoms with Gasteiger partial charge in [-0.2, -0.15) is 0 Å². The Morgan fingerprint density at radius 2 is 2.26 bits per heavy atom. The lowest BCUT2D eigenvalue weighted by molar-refractivity contribution is 0.158. The Labute approximate surface area is 112 Å². The average Bonchev–Trinajstić information content (AvgIpc) is 3.01. The third-order valence-corrected chi connectivity index (χ3v) is 4.04. The first-order valence-corrected chi connectivity index (χ1v) is 6.53. The predicted molar refractivity (Wildman–Crippen MR) is 71.4 cm³/mol. The fourth-order valence-electron chi connectivity index (χ4n) is 2.82. The van der Waals surface area contributed by atoms with E-state index in [4.69, 9.17) is 0 Å². The number of aliphatic hydroxyl groups excluding tert-OH is 1. The summed E-state index contributed by atoms with van der Waals surface area (Å²) in [7, 11) is 1.87. The van der Waals surface area contributed by atoms with Crippen LogP contribution in [-0.2, 0) is 25.6 Å². The van der Waals surface area contributed by atoms with Crippen LogP contribution in [-0.4, -0.2) is 26.7 Å². The molecule has 1 aliphatic rings. The highest BCUT2D eigenvalue weighted by Crippen LogP contribution is 2.36. The number of hydrogen-bond donors (Lipinski definition) is 2. The molecule has 1 aromatic heterocycles. The molecule has 0 saturated heterocycles. The molecule has 0 radical (unpaired) electrons. The standard InChI is InChI=1S/C14H18N4O/c1-18-12(9-16-17-18)8-15-14(10-19)7-6-11-4-2-3-5-13(11)14/h2-5,9,15,19H,6-8,10H2,1H3. The molecule has 2 aromatic rings. The quantitative estimate of drug-likeness (QED) is 0.849. The van der Waals surface area contributed by atoms with Gasteiger partial charge in [0.2, 0.25) is 0 Å². The largest absolute Gasteiger partial charge is 0.394 e. The van der Waals surface area contributed by atoms with Crippen LogP contribution in [0.25, 0.3) is 0 Å². The van der Waals surface area contributed by atoms with Gasteiger partial charge in [0, 0.05) is 13.6 Å². The molecule has 3 rings (SSSR count). The molecule has 0 bridgehead atoms. The van der Waals surface area contributed by atoms with Crippen molar-refractivity contribution in [3.8, 4) is 0 Å². The molecular formula is C14H18N4O. The van der Waals surface area contributed by atoms with Crippen LogP contribution >= 0.6 is 0 Å². The summed E-state index contributed by atoms with van der Waals surface area (Å²) in [6, 6.07) is 8.33. The highest BCUT2D eigenvalue weighted by Gasteiger charge is 2.37. The fraction of sp³-hybridized carbons (Fsp3) is 0.429. The molecule has 0 amide bonds. The monoisotopic (exact) mass is 258 g/mol. The van der Waals surface area contributed by atoms with Gasteiger partial charge >= 0.3 is 0 Å². The lowest BCUT2D eigenvalue weighted by atomic mass is 9.92. The molecule has 0 spiro atoms. The Bertz CT molecular complexity index is 580. The van der Waals surface area contributed by atoms with E-state index in [2.05, 4.69) is 33.8 Å². The van der Waals surface area contributed by atoms with Gasteiger partial charge in [0.05, 0.1) is 24.0 Å². The topological polar surface area (TPSA) is 63.0 Å². The van der Waals surface area contributed by atoms with E-state index in [0.717, 1.165) is 18.5 Å². The van der Waals surface area contributed by atoms with Crippen molar-refractivity contribution in [3.63, 3.8) is 0 Å². The smallest absolute Gasteiger partial charge is 0.0738 e. The number of rotatable bonds is 4. The highest BCUT2D eigenvalue weighted by atomic mass is 16.3. The molecule has 19 heavy (non-hydrogen) atoms. The summed E-state index contributed by atoms with van der Waals surface area (Å²) in [5, 5.41) is 21.1. The Kier molecular flexibility index (Phi) is 3.08. The van der Waals surface area contributed by atoms with Crippen molar-refractivity contribution >= 4 is 0 Å². The number of hydrogen-bond acceptors (Lipinski definition) is 4. The van der Waals surface area contributed by atoms with E-state index in [9.17, 15) is 5.11 Å². The first-order valence-electron chi connectivity index (χ1n) is 6.53. The summed E-state index contributed by atoms with van der Waals surface area (Å²) < 4.78 is 1.75. The molecule has 0 aliphatic heterocycles. The van der Waals surface area contributed by atoms with E-state index in [1.54, 1.807) is 10.9 Å². The summed E-state index contributed by atoms with van der Waals surface area (Å²) in [6.07, 6.45) is 3.68. The second-order valence-corrected chi connectivity index (χ2v) is 5.10. The minimum atomic E-state index is -0.332. The zero-order valence-electron chi connectivity index (χ0n) is 11.0. The lowest BCUT2D eigenvalue weighted by Gasteiger charge is -2.29. The highest BCUT2D eigenvalue weighted by molar-refractivity contribution is 5.38. The number of fused-ring (bicyclic) bond motifs is 1. The van der Waals surface area contributed by atoms with Crippen LogP contribution in [0.15, 0.2) is 30.5 Å². The van der Waals surface area contributed by atoms with Gasteiger partial charge in [-0.1, -0.05) is 29.5 Å². The molecule has 100 valence electrons. The summed E-state index contributed by atoms with van der Waals surface area (Å²) in [5.41, 5.74) is 3.22. The zero-order valence-corrected chi connectivity index (χ0v) is 11.0. The first kappa shape index (κ1) is 12.3. The maximum Gasteiger partial charge on any atom is 0.0738 e. The zero-order chi connectivity index (χ0) is 13.3. The van der Waals surface area contributed by atoms with E-state index in [1.165, 1.54) is 11.1 Å². The average molecular weight is 258 g/mol. The van der Waals surface area contributed by atoms with Crippen LogP contribution in [0.4, 0.5) is 0 Å². The Morgan fingerprint density at radius 3 is 3.00 bits per heavy atom. The molecule has 1 unspecified atom stereocenters. The third kappa shape index (κ3) is 2.05. The van der Waals surface area contributed by atoms with Gasteiger partial charge in [-0.3, -0.25) is 10.00 Å². The number of nitrogens with zero attached hydrogens (tertiary/aromatic N) is 3. The Hall–Kier alpha value is -1.72. The van der Waals surface area contributed by atoms with Crippen LogP contribution in [0.2, 0.25) is 0 Å². The Morgan fingerprint density at radius 1 is 1.42 bits per heavy atom. The van der Waals surface area contributed by atoms with Gasteiger partial charge in [-0.25, -0.2) is 0 Å². The normalized spacial score (nSPS) is 21.6. The molecule has 0 saturated carbocycles. The molecule has 5 heteroatoms. The van der Waals surface area contributed by atoms with Gasteiger partial charge < -0.3 is 5.11 Å². The molecule has 0 fully saturated rings. The Balaban J connectivity index is 1.84. The van der Waals surface area contributed by atoms with Gasteiger partial charge in [0.25, 0.3) is 0 Å². The van der Waals surface area contributed by atoms with E-state index in [-0.39, 0.29) is 12.1 Å². The van der Waals surface area contributed by atoms with Gasteiger partial charge in [-0.15, -0.1) is 5.10 Å². The summed E-state index contributed by atoms with van der Waals surface area (Å²) in [5.74, 6) is 0. The van der Waals surface area contributed by atoms with Crippen LogP contribution in [0.3, 0.4) is 0 Å². The molecule has 1 heterocycles. The van der Waals surface area contributed by atoms with Crippen molar-refractivity contribution in [2.45, 2.75) is 24.9 Å². The van der Waals surface area contributed by atoms with E-state index in [1.807, 2.05) is 13.1 Å². The molecule has 1 aliphatic carbocycles. The molecular weight excluding hydrogens is 240 g/mol. The minimum Gasteiger partial charge on any atom is -0.394 e. The lowest BCUT2D eigenvalue weighted by Crippen LogP contribution is -2.43. The van der Waals surface area contributed by atoms with Crippen molar-refractivity contribution in [2.24, 2.45) is 7.05 Å². The van der Waals surface area contributed by atoms with E-state index < -0.39 is 0 Å². The summed E-state index contributed by atoms with van der Waals surface area (Å²) in [6.45, 7) is 0.758. The number of nitrogens with one attached hydrogen (secondary N) is 1. The SMILES string of the molecule is Cn1nncc1CNC1(CO)CCc2ccccc21. The van der Waals surface area contributed by atoms with E-state index in [0.29, 0.717) is 6.54 Å². The third-order valence-electron chi connectivity index (χ3n) is 4.04. The van der Waals surface area contributed by atoms with Gasteiger partial charge in [0.15, 0.2) is 0 Å². The maximum atomic E-state index is 9.86. The van der Waals surface area contributed by atoms with Crippen molar-refractivity contribution in [1.82, 2.24) is 20.3 Å². The molecule has 1 atom stereocenters. The second-order valence-electron chi connectivity index (χ2n) is 5.10. The van der Waals surface area contributed by atoms with Crippen molar-refractivity contribution in [2.75, 3.05) is 6.61 Å². The van der Waals surface area contributed by atoms with Gasteiger partial charge in [0.1, 0.15) is 0 Å². The van der Waals surface area contributed by atoms with Crippen LogP contribution in [0.5, 0.6) is 0 Å². The molecule has 2 N–H and O–H groups in total.